The van der Waals surface area contributed by atoms with Crippen molar-refractivity contribution in [3.63, 3.8) is 0 Å². The summed E-state index contributed by atoms with van der Waals surface area (Å²) in [7, 11) is 0. The summed E-state index contributed by atoms with van der Waals surface area (Å²) in [6, 6.07) is 2.27. The predicted octanol–water partition coefficient (Wildman–Crippen LogP) is 2.94. The van der Waals surface area contributed by atoms with Gasteiger partial charge in [-0.15, -0.1) is 35.3 Å². The molecule has 1 aromatic heterocycles. The Balaban J connectivity index is 0.00000242. The van der Waals surface area contributed by atoms with Crippen LogP contribution in [0.4, 0.5) is 0 Å². The van der Waals surface area contributed by atoms with Gasteiger partial charge in [-0.3, -0.25) is 9.89 Å². The molecular formula is C16H29IN4S. The molecule has 2 heterocycles. The average Bonchev–Trinajstić information content (AvgIpc) is 2.92. The van der Waals surface area contributed by atoms with Crippen LogP contribution in [0.2, 0.25) is 0 Å². The number of fused-ring (bicyclic) bond motifs is 1. The largest absolute Gasteiger partial charge is 0.357 e. The van der Waals surface area contributed by atoms with Gasteiger partial charge in [0.25, 0.3) is 0 Å². The molecule has 0 radical (unpaired) electrons. The Morgan fingerprint density at radius 1 is 1.41 bits per heavy atom. The van der Waals surface area contributed by atoms with Crippen LogP contribution >= 0.6 is 35.3 Å². The molecule has 2 rings (SSSR count). The van der Waals surface area contributed by atoms with Crippen LogP contribution in [-0.2, 0) is 13.0 Å². The fourth-order valence-electron chi connectivity index (χ4n) is 2.45. The van der Waals surface area contributed by atoms with E-state index in [-0.39, 0.29) is 24.0 Å². The highest BCUT2D eigenvalue weighted by molar-refractivity contribution is 14.0. The highest BCUT2D eigenvalue weighted by atomic mass is 127. The summed E-state index contributed by atoms with van der Waals surface area (Å²) in [6.45, 7) is 12.6. The van der Waals surface area contributed by atoms with Gasteiger partial charge >= 0.3 is 0 Å². The van der Waals surface area contributed by atoms with E-state index in [0.717, 1.165) is 38.7 Å². The van der Waals surface area contributed by atoms with Gasteiger partial charge in [0.05, 0.1) is 0 Å². The van der Waals surface area contributed by atoms with Gasteiger partial charge in [-0.25, -0.2) is 0 Å². The maximum absolute atomic E-state index is 4.60. The number of hydrogen-bond acceptors (Lipinski definition) is 3. The van der Waals surface area contributed by atoms with Crippen molar-refractivity contribution in [2.75, 3.05) is 32.7 Å². The molecule has 0 saturated heterocycles. The Morgan fingerprint density at radius 2 is 2.23 bits per heavy atom. The van der Waals surface area contributed by atoms with Crippen molar-refractivity contribution in [3.8, 4) is 0 Å². The van der Waals surface area contributed by atoms with Crippen LogP contribution in [0, 0.1) is 5.92 Å². The Morgan fingerprint density at radius 3 is 2.95 bits per heavy atom. The van der Waals surface area contributed by atoms with Crippen molar-refractivity contribution >= 4 is 41.3 Å². The normalized spacial score (nSPS) is 15.4. The van der Waals surface area contributed by atoms with Crippen LogP contribution in [0.1, 0.15) is 31.2 Å². The van der Waals surface area contributed by atoms with Gasteiger partial charge in [-0.05, 0) is 36.3 Å². The molecule has 0 spiro atoms. The SMILES string of the molecule is CCNC(=NCC(C)C)NCCN1CCc2sccc2C1.I. The van der Waals surface area contributed by atoms with E-state index in [1.165, 1.54) is 18.5 Å². The first-order valence-electron chi connectivity index (χ1n) is 7.98. The van der Waals surface area contributed by atoms with Crippen molar-refractivity contribution in [1.82, 2.24) is 15.5 Å². The Kier molecular flexibility index (Phi) is 9.35. The Hall–Kier alpha value is -0.340. The summed E-state index contributed by atoms with van der Waals surface area (Å²) in [5, 5.41) is 8.97. The summed E-state index contributed by atoms with van der Waals surface area (Å²) in [5.41, 5.74) is 1.52. The van der Waals surface area contributed by atoms with Crippen molar-refractivity contribution in [3.05, 3.63) is 21.9 Å². The van der Waals surface area contributed by atoms with E-state index in [1.54, 1.807) is 4.88 Å². The zero-order valence-corrected chi connectivity index (χ0v) is 17.0. The number of nitrogens with one attached hydrogen (secondary N) is 2. The first-order valence-corrected chi connectivity index (χ1v) is 8.86. The smallest absolute Gasteiger partial charge is 0.191 e. The first kappa shape index (κ1) is 19.7. The first-order chi connectivity index (χ1) is 10.2. The number of guanidine groups is 1. The van der Waals surface area contributed by atoms with Crippen LogP contribution in [0.15, 0.2) is 16.4 Å². The molecule has 1 aliphatic rings. The molecule has 0 atom stereocenters. The van der Waals surface area contributed by atoms with Crippen molar-refractivity contribution in [1.29, 1.82) is 0 Å². The minimum absolute atomic E-state index is 0. The van der Waals surface area contributed by atoms with E-state index in [4.69, 9.17) is 0 Å². The molecule has 0 amide bonds. The molecule has 1 aliphatic heterocycles. The maximum atomic E-state index is 4.60. The van der Waals surface area contributed by atoms with Crippen LogP contribution in [0.3, 0.4) is 0 Å². The minimum Gasteiger partial charge on any atom is -0.357 e. The predicted molar refractivity (Wildman–Crippen MR) is 108 cm³/mol. The van der Waals surface area contributed by atoms with E-state index in [9.17, 15) is 0 Å². The van der Waals surface area contributed by atoms with E-state index in [1.807, 2.05) is 11.3 Å². The second-order valence-electron chi connectivity index (χ2n) is 5.94. The average molecular weight is 436 g/mol. The quantitative estimate of drug-likeness (QED) is 0.409. The number of halogens is 1. The van der Waals surface area contributed by atoms with Crippen LogP contribution in [0.25, 0.3) is 0 Å². The third-order valence-corrected chi connectivity index (χ3v) is 4.59. The molecule has 22 heavy (non-hydrogen) atoms. The number of thiophene rings is 1. The lowest BCUT2D eigenvalue weighted by molar-refractivity contribution is 0.260. The van der Waals surface area contributed by atoms with Crippen LogP contribution in [0.5, 0.6) is 0 Å². The monoisotopic (exact) mass is 436 g/mol. The zero-order chi connectivity index (χ0) is 15.1. The molecule has 1 aromatic rings. The molecule has 126 valence electrons. The van der Waals surface area contributed by atoms with Crippen LogP contribution in [-0.4, -0.2) is 43.6 Å². The van der Waals surface area contributed by atoms with Gasteiger partial charge in [-0.2, -0.15) is 0 Å². The van der Waals surface area contributed by atoms with Gasteiger partial charge < -0.3 is 10.6 Å². The highest BCUT2D eigenvalue weighted by Crippen LogP contribution is 2.23. The number of rotatable bonds is 6. The lowest BCUT2D eigenvalue weighted by Gasteiger charge is -2.27. The molecule has 0 bridgehead atoms. The van der Waals surface area contributed by atoms with E-state index < -0.39 is 0 Å². The van der Waals surface area contributed by atoms with Gasteiger partial charge in [0, 0.05) is 44.1 Å². The Bertz CT molecular complexity index is 459. The van der Waals surface area contributed by atoms with E-state index in [2.05, 4.69) is 52.7 Å². The summed E-state index contributed by atoms with van der Waals surface area (Å²) < 4.78 is 0. The number of hydrogen-bond donors (Lipinski definition) is 2. The number of nitrogens with zero attached hydrogens (tertiary/aromatic N) is 2. The fraction of sp³-hybridized carbons (Fsp3) is 0.688. The second kappa shape index (κ2) is 10.4. The van der Waals surface area contributed by atoms with Gasteiger partial charge in [-0.1, -0.05) is 13.8 Å². The lowest BCUT2D eigenvalue weighted by Crippen LogP contribution is -2.42. The molecular weight excluding hydrogens is 407 g/mol. The summed E-state index contributed by atoms with van der Waals surface area (Å²) in [5.74, 6) is 1.54. The molecule has 0 unspecified atom stereocenters. The topological polar surface area (TPSA) is 39.7 Å². The molecule has 0 saturated carbocycles. The molecule has 2 N–H and O–H groups in total. The number of aliphatic imine (C=N–C) groups is 1. The molecule has 0 fully saturated rings. The maximum Gasteiger partial charge on any atom is 0.191 e. The third kappa shape index (κ3) is 6.42. The minimum atomic E-state index is 0. The van der Waals surface area contributed by atoms with Crippen molar-refractivity contribution < 1.29 is 0 Å². The fourth-order valence-corrected chi connectivity index (χ4v) is 3.34. The van der Waals surface area contributed by atoms with Crippen molar-refractivity contribution in [2.24, 2.45) is 10.9 Å². The third-order valence-electron chi connectivity index (χ3n) is 3.57. The molecule has 0 aromatic carbocycles. The van der Waals surface area contributed by atoms with Gasteiger partial charge in [0.15, 0.2) is 5.96 Å². The Labute approximate surface area is 155 Å². The van der Waals surface area contributed by atoms with Crippen LogP contribution < -0.4 is 10.6 Å². The zero-order valence-electron chi connectivity index (χ0n) is 13.9. The second-order valence-corrected chi connectivity index (χ2v) is 6.94. The van der Waals surface area contributed by atoms with Gasteiger partial charge in [0.2, 0.25) is 0 Å². The molecule has 0 aliphatic carbocycles. The van der Waals surface area contributed by atoms with Gasteiger partial charge in [0.1, 0.15) is 0 Å². The summed E-state index contributed by atoms with van der Waals surface area (Å²) >= 11 is 1.90. The lowest BCUT2D eigenvalue weighted by atomic mass is 10.1. The summed E-state index contributed by atoms with van der Waals surface area (Å²) in [6.07, 6.45) is 1.20. The highest BCUT2D eigenvalue weighted by Gasteiger charge is 2.16. The standard InChI is InChI=1S/C16H28N4S.HI/c1-4-17-16(19-11-13(2)3)18-7-9-20-8-5-15-14(12-20)6-10-21-15;/h6,10,13H,4-5,7-9,11-12H2,1-3H3,(H2,17,18,19);1H. The molecule has 4 nitrogen and oxygen atoms in total. The van der Waals surface area contributed by atoms with E-state index >= 15 is 0 Å². The van der Waals surface area contributed by atoms with Crippen molar-refractivity contribution in [2.45, 2.75) is 33.7 Å². The molecule has 6 heteroatoms. The summed E-state index contributed by atoms with van der Waals surface area (Å²) in [4.78, 5) is 8.70. The van der Waals surface area contributed by atoms with E-state index in [0.29, 0.717) is 5.92 Å².